The van der Waals surface area contributed by atoms with Crippen molar-refractivity contribution in [1.29, 1.82) is 0 Å². The zero-order chi connectivity index (χ0) is 15.9. The second-order valence-electron chi connectivity index (χ2n) is 5.02. The van der Waals surface area contributed by atoms with Crippen LogP contribution in [0.15, 0.2) is 48.7 Å². The molecule has 6 heteroatoms. The van der Waals surface area contributed by atoms with Crippen molar-refractivity contribution >= 4 is 6.21 Å². The molecular weight excluding hydrogens is 281 g/mol. The van der Waals surface area contributed by atoms with E-state index in [-0.39, 0.29) is 11.7 Å². The van der Waals surface area contributed by atoms with Gasteiger partial charge in [0.15, 0.2) is 0 Å². The molecule has 2 aromatic rings. The third kappa shape index (κ3) is 4.00. The van der Waals surface area contributed by atoms with E-state index >= 15 is 0 Å². The fraction of sp³-hybridized carbons (Fsp3) is 0.312. The lowest BCUT2D eigenvalue weighted by Gasteiger charge is -2.23. The molecule has 5 nitrogen and oxygen atoms in total. The Bertz CT molecular complexity index is 636. The number of hydrazone groups is 1. The maximum atomic E-state index is 14.3. The van der Waals surface area contributed by atoms with Gasteiger partial charge >= 0.3 is 0 Å². The highest BCUT2D eigenvalue weighted by molar-refractivity contribution is 5.52. The van der Waals surface area contributed by atoms with E-state index in [4.69, 9.17) is 0 Å². The Labute approximate surface area is 129 Å². The first-order chi connectivity index (χ1) is 10.6. The van der Waals surface area contributed by atoms with Crippen LogP contribution in [0.2, 0.25) is 0 Å². The number of benzene rings is 1. The van der Waals surface area contributed by atoms with Crippen molar-refractivity contribution in [3.05, 3.63) is 60.6 Å². The Morgan fingerprint density at radius 2 is 2.32 bits per heavy atom. The zero-order valence-electron chi connectivity index (χ0n) is 12.9. The highest BCUT2D eigenvalue weighted by Gasteiger charge is 2.19. The van der Waals surface area contributed by atoms with Crippen LogP contribution in [0.4, 0.5) is 4.39 Å². The lowest BCUT2D eigenvalue weighted by Crippen LogP contribution is -2.23. The Hall–Kier alpha value is -2.50. The van der Waals surface area contributed by atoms with Crippen molar-refractivity contribution in [3.63, 3.8) is 0 Å². The van der Waals surface area contributed by atoms with E-state index in [0.717, 1.165) is 5.56 Å². The van der Waals surface area contributed by atoms with Gasteiger partial charge in [0.1, 0.15) is 18.5 Å². The topological polar surface area (TPSA) is 46.3 Å². The molecule has 0 amide bonds. The SMILES string of the molecule is C=CN(CC(Cn1cncn1)c1ccc(C)cc1F)/N=C\C. The lowest BCUT2D eigenvalue weighted by molar-refractivity contribution is 0.336. The molecule has 1 unspecified atom stereocenters. The Balaban J connectivity index is 2.29. The summed E-state index contributed by atoms with van der Waals surface area (Å²) < 4.78 is 16.0. The highest BCUT2D eigenvalue weighted by Crippen LogP contribution is 2.23. The summed E-state index contributed by atoms with van der Waals surface area (Å²) in [5.74, 6) is -0.335. The van der Waals surface area contributed by atoms with Gasteiger partial charge in [-0.25, -0.2) is 9.37 Å². The number of aromatic nitrogens is 3. The van der Waals surface area contributed by atoms with Crippen molar-refractivity contribution in [2.75, 3.05) is 6.54 Å². The minimum Gasteiger partial charge on any atom is -0.273 e. The summed E-state index contributed by atoms with van der Waals surface area (Å²) in [6.45, 7) is 8.47. The first kappa shape index (κ1) is 15.9. The van der Waals surface area contributed by atoms with Gasteiger partial charge in [-0.15, -0.1) is 0 Å². The third-order valence-electron chi connectivity index (χ3n) is 3.35. The maximum Gasteiger partial charge on any atom is 0.137 e. The number of hydrogen-bond donors (Lipinski definition) is 0. The summed E-state index contributed by atoms with van der Waals surface area (Å²) in [6, 6.07) is 5.28. The van der Waals surface area contributed by atoms with E-state index in [1.807, 2.05) is 26.0 Å². The van der Waals surface area contributed by atoms with Crippen molar-refractivity contribution < 1.29 is 4.39 Å². The average molecular weight is 301 g/mol. The predicted octanol–water partition coefficient (Wildman–Crippen LogP) is 2.96. The third-order valence-corrected chi connectivity index (χ3v) is 3.35. The largest absolute Gasteiger partial charge is 0.273 e. The summed E-state index contributed by atoms with van der Waals surface area (Å²) in [4.78, 5) is 3.94. The molecule has 1 heterocycles. The first-order valence-corrected chi connectivity index (χ1v) is 7.10. The van der Waals surface area contributed by atoms with Crippen LogP contribution in [0.3, 0.4) is 0 Å². The minimum absolute atomic E-state index is 0.121. The molecule has 0 saturated carbocycles. The number of nitrogens with zero attached hydrogens (tertiary/aromatic N) is 5. The monoisotopic (exact) mass is 301 g/mol. The minimum atomic E-state index is -0.213. The molecule has 2 rings (SSSR count). The Morgan fingerprint density at radius 3 is 2.91 bits per heavy atom. The van der Waals surface area contributed by atoms with Gasteiger partial charge < -0.3 is 0 Å². The number of aryl methyl sites for hydroxylation is 1. The summed E-state index contributed by atoms with van der Waals surface area (Å²) >= 11 is 0. The van der Waals surface area contributed by atoms with Crippen LogP contribution in [-0.2, 0) is 6.54 Å². The molecule has 0 saturated heterocycles. The number of hydrogen-bond acceptors (Lipinski definition) is 4. The second-order valence-corrected chi connectivity index (χ2v) is 5.02. The highest BCUT2D eigenvalue weighted by atomic mass is 19.1. The Morgan fingerprint density at radius 1 is 1.50 bits per heavy atom. The summed E-state index contributed by atoms with van der Waals surface area (Å²) in [7, 11) is 0. The molecule has 0 bridgehead atoms. The van der Waals surface area contributed by atoms with E-state index in [1.165, 1.54) is 6.33 Å². The van der Waals surface area contributed by atoms with Crippen molar-refractivity contribution in [1.82, 2.24) is 19.8 Å². The standard InChI is InChI=1S/C16H20FN5/c1-4-19-21(5-2)9-14(10-22-12-18-11-20-22)15-7-6-13(3)8-16(15)17/h4-8,11-12,14H,2,9-10H2,1,3H3/b19-4-. The van der Waals surface area contributed by atoms with Gasteiger partial charge in [0, 0.05) is 24.9 Å². The van der Waals surface area contributed by atoms with Crippen molar-refractivity contribution in [2.24, 2.45) is 5.10 Å². The van der Waals surface area contributed by atoms with E-state index in [2.05, 4.69) is 21.8 Å². The molecule has 0 fully saturated rings. The van der Waals surface area contributed by atoms with Gasteiger partial charge in [-0.2, -0.15) is 10.2 Å². The quantitative estimate of drug-likeness (QED) is 0.583. The predicted molar refractivity (Wildman–Crippen MR) is 85.0 cm³/mol. The molecule has 1 aromatic heterocycles. The molecule has 22 heavy (non-hydrogen) atoms. The van der Waals surface area contributed by atoms with Gasteiger partial charge in [-0.1, -0.05) is 18.7 Å². The van der Waals surface area contributed by atoms with Gasteiger partial charge in [-0.3, -0.25) is 9.69 Å². The molecule has 116 valence electrons. The van der Waals surface area contributed by atoms with Crippen LogP contribution in [0.5, 0.6) is 0 Å². The molecule has 0 aliphatic rings. The fourth-order valence-corrected chi connectivity index (χ4v) is 2.31. The van der Waals surface area contributed by atoms with Gasteiger partial charge in [0.2, 0.25) is 0 Å². The second kappa shape index (κ2) is 7.49. The van der Waals surface area contributed by atoms with Crippen LogP contribution < -0.4 is 0 Å². The lowest BCUT2D eigenvalue weighted by atomic mass is 9.97. The maximum absolute atomic E-state index is 14.3. The first-order valence-electron chi connectivity index (χ1n) is 7.10. The molecule has 0 radical (unpaired) electrons. The van der Waals surface area contributed by atoms with Crippen molar-refractivity contribution in [2.45, 2.75) is 26.3 Å². The molecule has 0 spiro atoms. The molecular formula is C16H20FN5. The summed E-state index contributed by atoms with van der Waals surface area (Å²) in [6.07, 6.45) is 6.40. The molecule has 1 aromatic carbocycles. The number of rotatable bonds is 7. The van der Waals surface area contributed by atoms with E-state index in [0.29, 0.717) is 18.7 Å². The molecule has 1 atom stereocenters. The molecule has 0 aliphatic carbocycles. The summed E-state index contributed by atoms with van der Waals surface area (Å²) in [5.41, 5.74) is 1.53. The van der Waals surface area contributed by atoms with Gasteiger partial charge in [0.25, 0.3) is 0 Å². The normalized spacial score (nSPS) is 12.5. The molecule has 0 N–H and O–H groups in total. The van der Waals surface area contributed by atoms with Crippen LogP contribution in [0.25, 0.3) is 0 Å². The zero-order valence-corrected chi connectivity index (χ0v) is 12.9. The van der Waals surface area contributed by atoms with Crippen LogP contribution in [0.1, 0.15) is 24.0 Å². The van der Waals surface area contributed by atoms with Crippen molar-refractivity contribution in [3.8, 4) is 0 Å². The van der Waals surface area contributed by atoms with Gasteiger partial charge in [0.05, 0.1) is 6.54 Å². The summed E-state index contributed by atoms with van der Waals surface area (Å²) in [5, 5.41) is 10.0. The van der Waals surface area contributed by atoms with E-state index in [1.54, 1.807) is 34.5 Å². The molecule has 0 aliphatic heterocycles. The van der Waals surface area contributed by atoms with Gasteiger partial charge in [-0.05, 0) is 31.0 Å². The fourth-order valence-electron chi connectivity index (χ4n) is 2.31. The van der Waals surface area contributed by atoms with Crippen LogP contribution in [-0.4, -0.2) is 32.5 Å². The smallest absolute Gasteiger partial charge is 0.137 e. The van der Waals surface area contributed by atoms with Crippen LogP contribution in [0, 0.1) is 12.7 Å². The number of halogens is 1. The van der Waals surface area contributed by atoms with E-state index < -0.39 is 0 Å². The van der Waals surface area contributed by atoms with E-state index in [9.17, 15) is 4.39 Å². The Kier molecular flexibility index (Phi) is 5.41. The average Bonchev–Trinajstić information content (AvgIpc) is 2.99. The van der Waals surface area contributed by atoms with Crippen LogP contribution >= 0.6 is 0 Å².